The van der Waals surface area contributed by atoms with E-state index in [4.69, 9.17) is 5.84 Å². The first-order valence-corrected chi connectivity index (χ1v) is 6.04. The molecule has 0 amide bonds. The topological polar surface area (TPSA) is 122 Å². The van der Waals surface area contributed by atoms with E-state index in [-0.39, 0.29) is 11.5 Å². The summed E-state index contributed by atoms with van der Waals surface area (Å²) in [5.74, 6) is 6.62. The molecule has 1 aromatic carbocycles. The van der Waals surface area contributed by atoms with Crippen molar-refractivity contribution in [1.82, 2.24) is 14.9 Å². The first kappa shape index (κ1) is 13.7. The van der Waals surface area contributed by atoms with Crippen LogP contribution in [0.3, 0.4) is 0 Å². The van der Waals surface area contributed by atoms with Crippen molar-refractivity contribution in [2.75, 3.05) is 11.3 Å². The van der Waals surface area contributed by atoms with Crippen LogP contribution >= 0.6 is 0 Å². The van der Waals surface area contributed by atoms with Gasteiger partial charge in [-0.15, -0.1) is 10.2 Å². The fourth-order valence-electron chi connectivity index (χ4n) is 1.72. The standard InChI is InChI=1S/C12H16N6O2/c1-3-11-15-17-12(18(11)13)16-14-6-9-7(2)4-8(19)5-10(9)20/h4-6,19-20H,3,13H2,1-2H3,(H,16,17)/b14-6-. The third kappa shape index (κ3) is 2.63. The van der Waals surface area contributed by atoms with Crippen LogP contribution in [0, 0.1) is 6.92 Å². The zero-order chi connectivity index (χ0) is 14.7. The summed E-state index contributed by atoms with van der Waals surface area (Å²) in [7, 11) is 0. The predicted molar refractivity (Wildman–Crippen MR) is 75.3 cm³/mol. The summed E-state index contributed by atoms with van der Waals surface area (Å²) >= 11 is 0. The number of anilines is 1. The van der Waals surface area contributed by atoms with Gasteiger partial charge in [0.1, 0.15) is 11.5 Å². The average Bonchev–Trinajstić information content (AvgIpc) is 2.73. The molecule has 0 fully saturated rings. The van der Waals surface area contributed by atoms with E-state index < -0.39 is 0 Å². The molecular weight excluding hydrogens is 260 g/mol. The Labute approximate surface area is 115 Å². The third-order valence-corrected chi connectivity index (χ3v) is 2.79. The molecule has 8 heteroatoms. The van der Waals surface area contributed by atoms with Gasteiger partial charge in [-0.05, 0) is 18.6 Å². The number of phenols is 2. The quantitative estimate of drug-likeness (QED) is 0.371. The maximum atomic E-state index is 9.73. The SMILES string of the molecule is CCc1nnc(N/N=C\c2c(C)cc(O)cc2O)n1N. The number of aromatic hydroxyl groups is 2. The summed E-state index contributed by atoms with van der Waals surface area (Å²) in [6.07, 6.45) is 2.08. The van der Waals surface area contributed by atoms with Crippen LogP contribution in [0.5, 0.6) is 11.5 Å². The number of hydrogen-bond donors (Lipinski definition) is 4. The number of phenolic OH excluding ortho intramolecular Hbond substituents is 2. The van der Waals surface area contributed by atoms with Gasteiger partial charge in [-0.2, -0.15) is 5.10 Å². The molecule has 0 spiro atoms. The number of nitrogens with two attached hydrogens (primary N) is 1. The van der Waals surface area contributed by atoms with Crippen LogP contribution in [-0.4, -0.2) is 31.3 Å². The van der Waals surface area contributed by atoms with E-state index in [9.17, 15) is 10.2 Å². The van der Waals surface area contributed by atoms with Crippen molar-refractivity contribution in [2.45, 2.75) is 20.3 Å². The lowest BCUT2D eigenvalue weighted by Crippen LogP contribution is -2.14. The highest BCUT2D eigenvalue weighted by Crippen LogP contribution is 2.25. The number of nitrogens with one attached hydrogen (secondary N) is 1. The Morgan fingerprint density at radius 1 is 1.40 bits per heavy atom. The fraction of sp³-hybridized carbons (Fsp3) is 0.250. The highest BCUT2D eigenvalue weighted by atomic mass is 16.3. The third-order valence-electron chi connectivity index (χ3n) is 2.79. The van der Waals surface area contributed by atoms with E-state index in [1.807, 2.05) is 6.92 Å². The van der Waals surface area contributed by atoms with Crippen molar-refractivity contribution < 1.29 is 10.2 Å². The zero-order valence-electron chi connectivity index (χ0n) is 11.2. The largest absolute Gasteiger partial charge is 0.508 e. The molecule has 1 heterocycles. The van der Waals surface area contributed by atoms with E-state index in [2.05, 4.69) is 20.7 Å². The second-order valence-electron chi connectivity index (χ2n) is 4.23. The molecule has 1 aromatic heterocycles. The van der Waals surface area contributed by atoms with Gasteiger partial charge < -0.3 is 16.1 Å². The molecule has 5 N–H and O–H groups in total. The molecular formula is C12H16N6O2. The Bertz CT molecular complexity index is 626. The van der Waals surface area contributed by atoms with Crippen molar-refractivity contribution >= 4 is 12.2 Å². The van der Waals surface area contributed by atoms with Crippen LogP contribution in [0.15, 0.2) is 17.2 Å². The van der Waals surface area contributed by atoms with Crippen LogP contribution in [0.2, 0.25) is 0 Å². The van der Waals surface area contributed by atoms with Crippen LogP contribution in [-0.2, 0) is 6.42 Å². The number of hydrazone groups is 1. The molecule has 0 saturated carbocycles. The van der Waals surface area contributed by atoms with Gasteiger partial charge in [0.2, 0.25) is 0 Å². The first-order valence-electron chi connectivity index (χ1n) is 6.04. The van der Waals surface area contributed by atoms with E-state index in [1.54, 1.807) is 6.92 Å². The van der Waals surface area contributed by atoms with Crippen molar-refractivity contribution in [2.24, 2.45) is 5.10 Å². The van der Waals surface area contributed by atoms with Gasteiger partial charge in [-0.1, -0.05) is 6.92 Å². The highest BCUT2D eigenvalue weighted by Gasteiger charge is 2.07. The Kier molecular flexibility index (Phi) is 3.74. The van der Waals surface area contributed by atoms with Gasteiger partial charge in [0.15, 0.2) is 5.82 Å². The molecule has 0 aliphatic carbocycles. The van der Waals surface area contributed by atoms with Gasteiger partial charge in [-0.25, -0.2) is 10.1 Å². The van der Waals surface area contributed by atoms with E-state index in [0.29, 0.717) is 29.3 Å². The monoisotopic (exact) mass is 276 g/mol. The van der Waals surface area contributed by atoms with Crippen LogP contribution in [0.1, 0.15) is 23.9 Å². The molecule has 20 heavy (non-hydrogen) atoms. The minimum absolute atomic E-state index is 0.000557. The summed E-state index contributed by atoms with van der Waals surface area (Å²) in [5.41, 5.74) is 3.83. The van der Waals surface area contributed by atoms with Crippen molar-refractivity contribution in [3.8, 4) is 11.5 Å². The number of rotatable bonds is 4. The van der Waals surface area contributed by atoms with Crippen molar-refractivity contribution in [3.05, 3.63) is 29.1 Å². The maximum Gasteiger partial charge on any atom is 0.263 e. The highest BCUT2D eigenvalue weighted by molar-refractivity contribution is 5.86. The minimum Gasteiger partial charge on any atom is -0.508 e. The van der Waals surface area contributed by atoms with Crippen LogP contribution in [0.25, 0.3) is 0 Å². The molecule has 0 bridgehead atoms. The molecule has 0 unspecified atom stereocenters. The first-order chi connectivity index (χ1) is 9.52. The molecule has 0 saturated heterocycles. The molecule has 0 aliphatic heterocycles. The second kappa shape index (κ2) is 5.47. The summed E-state index contributed by atoms with van der Waals surface area (Å²) in [5, 5.41) is 30.7. The summed E-state index contributed by atoms with van der Waals surface area (Å²) < 4.78 is 1.31. The summed E-state index contributed by atoms with van der Waals surface area (Å²) in [6, 6.07) is 2.77. The van der Waals surface area contributed by atoms with Crippen molar-refractivity contribution in [3.63, 3.8) is 0 Å². The molecule has 0 aliphatic rings. The van der Waals surface area contributed by atoms with Gasteiger partial charge in [0.05, 0.1) is 6.21 Å². The number of aromatic nitrogens is 3. The lowest BCUT2D eigenvalue weighted by Gasteiger charge is -2.04. The summed E-state index contributed by atoms with van der Waals surface area (Å²) in [6.45, 7) is 3.67. The lowest BCUT2D eigenvalue weighted by atomic mass is 10.1. The van der Waals surface area contributed by atoms with Gasteiger partial charge in [0, 0.05) is 18.1 Å². The lowest BCUT2D eigenvalue weighted by molar-refractivity contribution is 0.449. The number of nitrogen functional groups attached to an aromatic ring is 1. The smallest absolute Gasteiger partial charge is 0.263 e. The average molecular weight is 276 g/mol. The molecule has 106 valence electrons. The van der Waals surface area contributed by atoms with Crippen molar-refractivity contribution in [1.29, 1.82) is 0 Å². The molecule has 2 aromatic rings. The Hall–Kier alpha value is -2.77. The van der Waals surface area contributed by atoms with Gasteiger partial charge in [0.25, 0.3) is 5.95 Å². The zero-order valence-corrected chi connectivity index (χ0v) is 11.2. The Balaban J connectivity index is 2.16. The Morgan fingerprint density at radius 2 is 2.15 bits per heavy atom. The maximum absolute atomic E-state index is 9.73. The molecule has 0 radical (unpaired) electrons. The normalized spacial score (nSPS) is 11.1. The number of aryl methyl sites for hydroxylation is 2. The number of nitrogens with zero attached hydrogens (tertiary/aromatic N) is 4. The number of hydrogen-bond acceptors (Lipinski definition) is 7. The minimum atomic E-state index is -0.0588. The Morgan fingerprint density at radius 3 is 2.75 bits per heavy atom. The second-order valence-corrected chi connectivity index (χ2v) is 4.23. The van der Waals surface area contributed by atoms with E-state index in [1.165, 1.54) is 23.0 Å². The molecule has 2 rings (SSSR count). The summed E-state index contributed by atoms with van der Waals surface area (Å²) in [4.78, 5) is 0. The fourth-order valence-corrected chi connectivity index (χ4v) is 1.72. The van der Waals surface area contributed by atoms with Gasteiger partial charge in [-0.3, -0.25) is 0 Å². The van der Waals surface area contributed by atoms with Gasteiger partial charge >= 0.3 is 0 Å². The molecule has 0 atom stereocenters. The number of benzene rings is 1. The van der Waals surface area contributed by atoms with Crippen LogP contribution < -0.4 is 11.3 Å². The van der Waals surface area contributed by atoms with E-state index in [0.717, 1.165) is 0 Å². The predicted octanol–water partition coefficient (Wildman–Crippen LogP) is 0.720. The van der Waals surface area contributed by atoms with Crippen LogP contribution in [0.4, 0.5) is 5.95 Å². The van der Waals surface area contributed by atoms with E-state index >= 15 is 0 Å². The molecule has 8 nitrogen and oxygen atoms in total.